The van der Waals surface area contributed by atoms with Gasteiger partial charge in [-0.05, 0) is 39.0 Å². The van der Waals surface area contributed by atoms with Crippen molar-refractivity contribution < 1.29 is 12.8 Å². The minimum atomic E-state index is -3.50. The summed E-state index contributed by atoms with van der Waals surface area (Å²) in [6, 6.07) is 0. The van der Waals surface area contributed by atoms with E-state index in [9.17, 15) is 8.42 Å². The molecule has 1 saturated heterocycles. The van der Waals surface area contributed by atoms with Crippen LogP contribution in [0, 0.1) is 19.8 Å². The lowest BCUT2D eigenvalue weighted by atomic mass is 10.0. The van der Waals surface area contributed by atoms with Gasteiger partial charge in [0.25, 0.3) is 0 Å². The van der Waals surface area contributed by atoms with E-state index in [0.717, 1.165) is 19.3 Å². The Morgan fingerprint density at radius 1 is 1.25 bits per heavy atom. The van der Waals surface area contributed by atoms with Crippen LogP contribution in [-0.2, 0) is 16.6 Å². The molecule has 1 aromatic heterocycles. The van der Waals surface area contributed by atoms with Crippen LogP contribution in [0.5, 0.6) is 0 Å². The summed E-state index contributed by atoms with van der Waals surface area (Å²) in [5.74, 6) is 1.63. The molecule has 0 bridgehead atoms. The fraction of sp³-hybridized carbons (Fsp3) is 0.714. The van der Waals surface area contributed by atoms with Gasteiger partial charge in [0.15, 0.2) is 0 Å². The lowest BCUT2D eigenvalue weighted by molar-refractivity contribution is 0.414. The second kappa shape index (κ2) is 5.87. The molecule has 1 fully saturated rings. The number of hydrogen-bond acceptors (Lipinski definition) is 4. The van der Waals surface area contributed by atoms with Gasteiger partial charge in [0.05, 0.1) is 0 Å². The zero-order valence-electron chi connectivity index (χ0n) is 12.5. The number of nitrogens with two attached hydrogens (primary N) is 1. The zero-order valence-corrected chi connectivity index (χ0v) is 13.3. The molecule has 1 unspecified atom stereocenters. The Kier molecular flexibility index (Phi) is 4.56. The fourth-order valence-electron chi connectivity index (χ4n) is 2.89. The van der Waals surface area contributed by atoms with Crippen molar-refractivity contribution in [2.24, 2.45) is 11.7 Å². The number of hydrogen-bond donors (Lipinski definition) is 1. The summed E-state index contributed by atoms with van der Waals surface area (Å²) in [5, 5.41) is 0. The van der Waals surface area contributed by atoms with Crippen LogP contribution in [0.3, 0.4) is 0 Å². The Bertz CT molecular complexity index is 577. The second-order valence-corrected chi connectivity index (χ2v) is 7.54. The Balaban J connectivity index is 2.40. The molecule has 1 atom stereocenters. The third-order valence-electron chi connectivity index (χ3n) is 4.10. The van der Waals surface area contributed by atoms with E-state index >= 15 is 0 Å². The Morgan fingerprint density at radius 3 is 2.60 bits per heavy atom. The maximum Gasteiger partial charge on any atom is 0.246 e. The number of furan rings is 1. The van der Waals surface area contributed by atoms with Crippen LogP contribution < -0.4 is 5.73 Å². The van der Waals surface area contributed by atoms with Crippen LogP contribution in [0.25, 0.3) is 0 Å². The molecule has 6 heteroatoms. The highest BCUT2D eigenvalue weighted by atomic mass is 32.2. The molecule has 0 aliphatic carbocycles. The van der Waals surface area contributed by atoms with E-state index in [0.29, 0.717) is 36.1 Å². The first-order valence-corrected chi connectivity index (χ1v) is 8.61. The van der Waals surface area contributed by atoms with Crippen molar-refractivity contribution in [2.75, 3.05) is 13.1 Å². The first-order valence-electron chi connectivity index (χ1n) is 7.17. The van der Waals surface area contributed by atoms with E-state index in [4.69, 9.17) is 10.2 Å². The maximum absolute atomic E-state index is 12.9. The first kappa shape index (κ1) is 15.5. The summed E-state index contributed by atoms with van der Waals surface area (Å²) in [5.41, 5.74) is 6.31. The maximum atomic E-state index is 12.9. The van der Waals surface area contributed by atoms with Gasteiger partial charge >= 0.3 is 0 Å². The second-order valence-electron chi connectivity index (χ2n) is 5.67. The summed E-state index contributed by atoms with van der Waals surface area (Å²) < 4.78 is 32.8. The predicted molar refractivity (Wildman–Crippen MR) is 77.8 cm³/mol. The first-order chi connectivity index (χ1) is 9.37. The van der Waals surface area contributed by atoms with Crippen molar-refractivity contribution in [3.63, 3.8) is 0 Å². The van der Waals surface area contributed by atoms with Gasteiger partial charge in [-0.3, -0.25) is 0 Å². The number of nitrogens with zero attached hydrogens (tertiary/aromatic N) is 1. The van der Waals surface area contributed by atoms with E-state index < -0.39 is 10.0 Å². The summed E-state index contributed by atoms with van der Waals surface area (Å²) in [6.45, 7) is 6.98. The summed E-state index contributed by atoms with van der Waals surface area (Å²) >= 11 is 0. The standard InChI is InChI=1S/C14H24N2O3S/c1-10-5-4-7-16(8-6-10)20(17,18)14-12(3)19-11(2)13(14)9-15/h10H,4-9,15H2,1-3H3. The molecule has 1 aliphatic rings. The summed E-state index contributed by atoms with van der Waals surface area (Å²) in [4.78, 5) is 0.284. The smallest absolute Gasteiger partial charge is 0.246 e. The van der Waals surface area contributed by atoms with Gasteiger partial charge in [-0.15, -0.1) is 0 Å². The van der Waals surface area contributed by atoms with Crippen LogP contribution in [-0.4, -0.2) is 25.8 Å². The van der Waals surface area contributed by atoms with E-state index in [1.807, 2.05) is 0 Å². The lowest BCUT2D eigenvalue weighted by Crippen LogP contribution is -2.33. The highest BCUT2D eigenvalue weighted by Crippen LogP contribution is 2.30. The van der Waals surface area contributed by atoms with Crippen LogP contribution in [0.4, 0.5) is 0 Å². The largest absolute Gasteiger partial charge is 0.465 e. The van der Waals surface area contributed by atoms with Gasteiger partial charge in [0.2, 0.25) is 10.0 Å². The van der Waals surface area contributed by atoms with Crippen molar-refractivity contribution >= 4 is 10.0 Å². The number of rotatable bonds is 3. The lowest BCUT2D eigenvalue weighted by Gasteiger charge is -2.20. The van der Waals surface area contributed by atoms with Gasteiger partial charge in [0.1, 0.15) is 16.4 Å². The summed E-state index contributed by atoms with van der Waals surface area (Å²) in [7, 11) is -3.50. The Hall–Kier alpha value is -0.850. The molecule has 0 aromatic carbocycles. The van der Waals surface area contributed by atoms with Crippen molar-refractivity contribution in [3.05, 3.63) is 17.1 Å². The third kappa shape index (κ3) is 2.77. The number of aryl methyl sites for hydroxylation is 2. The van der Waals surface area contributed by atoms with Crippen molar-refractivity contribution in [1.29, 1.82) is 0 Å². The van der Waals surface area contributed by atoms with Crippen LogP contribution in [0.1, 0.15) is 43.3 Å². The number of sulfonamides is 1. The van der Waals surface area contributed by atoms with E-state index in [1.54, 1.807) is 18.2 Å². The van der Waals surface area contributed by atoms with Gasteiger partial charge < -0.3 is 10.2 Å². The third-order valence-corrected chi connectivity index (χ3v) is 6.20. The highest BCUT2D eigenvalue weighted by Gasteiger charge is 2.32. The van der Waals surface area contributed by atoms with Crippen LogP contribution >= 0.6 is 0 Å². The molecule has 2 N–H and O–H groups in total. The molecular weight excluding hydrogens is 276 g/mol. The van der Waals surface area contributed by atoms with Crippen molar-refractivity contribution in [3.8, 4) is 0 Å². The Morgan fingerprint density at radius 2 is 1.95 bits per heavy atom. The molecule has 0 saturated carbocycles. The topological polar surface area (TPSA) is 76.5 Å². The van der Waals surface area contributed by atoms with Crippen molar-refractivity contribution in [2.45, 2.75) is 51.5 Å². The van der Waals surface area contributed by atoms with Gasteiger partial charge in [-0.1, -0.05) is 6.92 Å². The van der Waals surface area contributed by atoms with Crippen LogP contribution in [0.2, 0.25) is 0 Å². The quantitative estimate of drug-likeness (QED) is 0.928. The Labute approximate surface area is 121 Å². The van der Waals surface area contributed by atoms with Crippen LogP contribution in [0.15, 0.2) is 9.31 Å². The molecule has 2 heterocycles. The molecule has 5 nitrogen and oxygen atoms in total. The molecular formula is C14H24N2O3S. The molecule has 1 aliphatic heterocycles. The SMILES string of the molecule is Cc1oc(C)c(S(=O)(=O)N2CCCC(C)CC2)c1CN. The van der Waals surface area contributed by atoms with Crippen molar-refractivity contribution in [1.82, 2.24) is 4.31 Å². The molecule has 0 spiro atoms. The van der Waals surface area contributed by atoms with E-state index in [-0.39, 0.29) is 11.4 Å². The monoisotopic (exact) mass is 300 g/mol. The van der Waals surface area contributed by atoms with E-state index in [1.165, 1.54) is 0 Å². The molecule has 20 heavy (non-hydrogen) atoms. The summed E-state index contributed by atoms with van der Waals surface area (Å²) in [6.07, 6.45) is 2.90. The van der Waals surface area contributed by atoms with E-state index in [2.05, 4.69) is 6.92 Å². The average molecular weight is 300 g/mol. The minimum Gasteiger partial charge on any atom is -0.465 e. The minimum absolute atomic E-state index is 0.183. The van der Waals surface area contributed by atoms with Gasteiger partial charge in [-0.25, -0.2) is 8.42 Å². The molecule has 1 aromatic rings. The molecule has 0 radical (unpaired) electrons. The molecule has 0 amide bonds. The highest BCUT2D eigenvalue weighted by molar-refractivity contribution is 7.89. The predicted octanol–water partition coefficient (Wildman–Crippen LogP) is 2.17. The van der Waals surface area contributed by atoms with Gasteiger partial charge in [0, 0.05) is 25.2 Å². The average Bonchev–Trinajstić information content (AvgIpc) is 2.54. The normalized spacial score (nSPS) is 21.9. The fourth-order valence-corrected chi connectivity index (χ4v) is 4.81. The molecule has 2 rings (SSSR count). The zero-order chi connectivity index (χ0) is 14.9. The molecule has 114 valence electrons. The van der Waals surface area contributed by atoms with Gasteiger partial charge in [-0.2, -0.15) is 4.31 Å².